The molecule has 0 saturated carbocycles. The number of nitrogens with zero attached hydrogens (tertiary/aromatic N) is 4. The molecule has 0 bridgehead atoms. The van der Waals surface area contributed by atoms with Crippen molar-refractivity contribution in [2.45, 2.75) is 13.0 Å². The van der Waals surface area contributed by atoms with Gasteiger partial charge in [0.2, 0.25) is 0 Å². The van der Waals surface area contributed by atoms with Crippen molar-refractivity contribution in [3.8, 4) is 11.4 Å². The topological polar surface area (TPSA) is 69.6 Å². The van der Waals surface area contributed by atoms with Crippen molar-refractivity contribution < 1.29 is 4.39 Å². The molecule has 0 aliphatic rings. The number of aromatic nitrogens is 4. The molecule has 0 spiro atoms. The van der Waals surface area contributed by atoms with Crippen LogP contribution in [0.15, 0.2) is 48.5 Å². The van der Waals surface area contributed by atoms with E-state index in [1.807, 2.05) is 30.3 Å². The van der Waals surface area contributed by atoms with Crippen molar-refractivity contribution in [2.75, 3.05) is 5.73 Å². The number of tetrazole rings is 1. The highest BCUT2D eigenvalue weighted by molar-refractivity contribution is 5.59. The summed E-state index contributed by atoms with van der Waals surface area (Å²) in [7, 11) is 0. The monoisotopic (exact) mass is 283 g/mol. The van der Waals surface area contributed by atoms with Gasteiger partial charge >= 0.3 is 0 Å². The van der Waals surface area contributed by atoms with Gasteiger partial charge in [-0.15, -0.1) is 5.10 Å². The van der Waals surface area contributed by atoms with Crippen molar-refractivity contribution in [2.24, 2.45) is 0 Å². The Hall–Kier alpha value is -2.76. The molecular weight excluding hydrogens is 269 g/mol. The van der Waals surface area contributed by atoms with Gasteiger partial charge in [0.05, 0.1) is 5.69 Å². The van der Waals surface area contributed by atoms with Crippen LogP contribution >= 0.6 is 0 Å². The van der Waals surface area contributed by atoms with Crippen molar-refractivity contribution in [3.05, 3.63) is 59.9 Å². The largest absolute Gasteiger partial charge is 0.396 e. The zero-order chi connectivity index (χ0) is 14.7. The SMILES string of the molecule is Nc1ccc(-c2nnnn2CCc2ccccc2)cc1F. The molecule has 0 radical (unpaired) electrons. The molecule has 0 aliphatic carbocycles. The molecule has 6 heteroatoms. The molecule has 106 valence electrons. The summed E-state index contributed by atoms with van der Waals surface area (Å²) in [6.07, 6.45) is 0.802. The Bertz CT molecular complexity index is 739. The van der Waals surface area contributed by atoms with E-state index in [0.29, 0.717) is 17.9 Å². The molecule has 0 unspecified atom stereocenters. The normalized spacial score (nSPS) is 10.7. The molecule has 0 fully saturated rings. The molecular formula is C15H14FN5. The summed E-state index contributed by atoms with van der Waals surface area (Å²) in [6, 6.07) is 14.6. The molecule has 2 aromatic carbocycles. The first-order valence-electron chi connectivity index (χ1n) is 6.59. The van der Waals surface area contributed by atoms with Crippen molar-refractivity contribution in [3.63, 3.8) is 0 Å². The average Bonchev–Trinajstić information content (AvgIpc) is 2.97. The number of halogens is 1. The zero-order valence-corrected chi connectivity index (χ0v) is 11.3. The van der Waals surface area contributed by atoms with E-state index in [-0.39, 0.29) is 5.69 Å². The van der Waals surface area contributed by atoms with Crippen LogP contribution in [0, 0.1) is 5.82 Å². The summed E-state index contributed by atoms with van der Waals surface area (Å²) in [4.78, 5) is 0. The van der Waals surface area contributed by atoms with Crippen molar-refractivity contribution in [1.82, 2.24) is 20.2 Å². The van der Waals surface area contributed by atoms with Crippen LogP contribution in [0.3, 0.4) is 0 Å². The number of nitrogen functional groups attached to an aromatic ring is 1. The summed E-state index contributed by atoms with van der Waals surface area (Å²) >= 11 is 0. The molecule has 5 nitrogen and oxygen atoms in total. The summed E-state index contributed by atoms with van der Waals surface area (Å²) in [6.45, 7) is 0.623. The van der Waals surface area contributed by atoms with Crippen molar-refractivity contribution >= 4 is 5.69 Å². The zero-order valence-electron chi connectivity index (χ0n) is 11.3. The van der Waals surface area contributed by atoms with Gasteiger partial charge in [-0.1, -0.05) is 30.3 Å². The van der Waals surface area contributed by atoms with Gasteiger partial charge in [-0.25, -0.2) is 9.07 Å². The Morgan fingerprint density at radius 1 is 1.10 bits per heavy atom. The maximum Gasteiger partial charge on any atom is 0.182 e. The smallest absolute Gasteiger partial charge is 0.182 e. The van der Waals surface area contributed by atoms with E-state index in [4.69, 9.17) is 5.73 Å². The summed E-state index contributed by atoms with van der Waals surface area (Å²) < 4.78 is 15.2. The second-order valence-corrected chi connectivity index (χ2v) is 4.70. The van der Waals surface area contributed by atoms with E-state index in [1.54, 1.807) is 10.7 Å². The predicted molar refractivity (Wildman–Crippen MR) is 77.8 cm³/mol. The van der Waals surface area contributed by atoms with Crippen LogP contribution in [0.5, 0.6) is 0 Å². The minimum Gasteiger partial charge on any atom is -0.396 e. The highest BCUT2D eigenvalue weighted by Gasteiger charge is 2.10. The molecule has 0 atom stereocenters. The van der Waals surface area contributed by atoms with E-state index in [1.165, 1.54) is 17.7 Å². The fourth-order valence-corrected chi connectivity index (χ4v) is 2.11. The molecule has 0 amide bonds. The van der Waals surface area contributed by atoms with Crippen LogP contribution in [-0.2, 0) is 13.0 Å². The van der Waals surface area contributed by atoms with Gasteiger partial charge in [-0.05, 0) is 40.6 Å². The van der Waals surface area contributed by atoms with Gasteiger partial charge in [-0.3, -0.25) is 0 Å². The van der Waals surface area contributed by atoms with Crippen LogP contribution in [0.25, 0.3) is 11.4 Å². The van der Waals surface area contributed by atoms with Crippen LogP contribution < -0.4 is 5.73 Å². The Balaban J connectivity index is 1.82. The molecule has 1 aromatic heterocycles. The lowest BCUT2D eigenvalue weighted by molar-refractivity contribution is 0.593. The maximum absolute atomic E-state index is 13.6. The lowest BCUT2D eigenvalue weighted by Crippen LogP contribution is -2.06. The maximum atomic E-state index is 13.6. The highest BCUT2D eigenvalue weighted by Crippen LogP contribution is 2.20. The summed E-state index contributed by atoms with van der Waals surface area (Å²) in [5.74, 6) is 0.0648. The number of rotatable bonds is 4. The van der Waals surface area contributed by atoms with Gasteiger partial charge < -0.3 is 5.73 Å². The number of benzene rings is 2. The van der Waals surface area contributed by atoms with Crippen LogP contribution in [0.4, 0.5) is 10.1 Å². The third kappa shape index (κ3) is 2.89. The first-order chi connectivity index (χ1) is 10.2. The first-order valence-corrected chi connectivity index (χ1v) is 6.59. The van der Waals surface area contributed by atoms with Crippen LogP contribution in [-0.4, -0.2) is 20.2 Å². The molecule has 0 saturated heterocycles. The lowest BCUT2D eigenvalue weighted by atomic mass is 10.1. The fourth-order valence-electron chi connectivity index (χ4n) is 2.11. The van der Waals surface area contributed by atoms with E-state index in [9.17, 15) is 4.39 Å². The molecule has 3 rings (SSSR count). The second-order valence-electron chi connectivity index (χ2n) is 4.70. The van der Waals surface area contributed by atoms with Gasteiger partial charge in [-0.2, -0.15) is 0 Å². The lowest BCUT2D eigenvalue weighted by Gasteiger charge is -2.06. The summed E-state index contributed by atoms with van der Waals surface area (Å²) in [5, 5.41) is 11.6. The number of hydrogen-bond donors (Lipinski definition) is 1. The fraction of sp³-hybridized carbons (Fsp3) is 0.133. The summed E-state index contributed by atoms with van der Waals surface area (Å²) in [5.41, 5.74) is 7.40. The third-order valence-electron chi connectivity index (χ3n) is 3.25. The number of nitrogens with two attached hydrogens (primary N) is 1. The number of anilines is 1. The Labute approximate surface area is 121 Å². The quantitative estimate of drug-likeness (QED) is 0.746. The number of hydrogen-bond acceptors (Lipinski definition) is 4. The molecule has 21 heavy (non-hydrogen) atoms. The first kappa shape index (κ1) is 13.2. The Morgan fingerprint density at radius 2 is 1.90 bits per heavy atom. The predicted octanol–water partition coefficient (Wildman–Crippen LogP) is 2.30. The molecule has 1 heterocycles. The second kappa shape index (κ2) is 5.70. The molecule has 0 aliphatic heterocycles. The molecule has 3 aromatic rings. The number of aryl methyl sites for hydroxylation is 2. The minimum atomic E-state index is -0.467. The van der Waals surface area contributed by atoms with Gasteiger partial charge in [0.25, 0.3) is 0 Å². The Kier molecular flexibility index (Phi) is 3.59. The Morgan fingerprint density at radius 3 is 2.67 bits per heavy atom. The third-order valence-corrected chi connectivity index (χ3v) is 3.25. The van der Waals surface area contributed by atoms with E-state index < -0.39 is 5.82 Å². The van der Waals surface area contributed by atoms with E-state index in [2.05, 4.69) is 15.5 Å². The van der Waals surface area contributed by atoms with Gasteiger partial charge in [0, 0.05) is 12.1 Å². The van der Waals surface area contributed by atoms with Gasteiger partial charge in [0.15, 0.2) is 5.82 Å². The van der Waals surface area contributed by atoms with E-state index in [0.717, 1.165) is 6.42 Å². The average molecular weight is 283 g/mol. The highest BCUT2D eigenvalue weighted by atomic mass is 19.1. The standard InChI is InChI=1S/C15H14FN5/c16-13-10-12(6-7-14(13)17)15-18-19-20-21(15)9-8-11-4-2-1-3-5-11/h1-7,10H,8-9,17H2. The van der Waals surface area contributed by atoms with E-state index >= 15 is 0 Å². The van der Waals surface area contributed by atoms with Crippen LogP contribution in [0.2, 0.25) is 0 Å². The van der Waals surface area contributed by atoms with Crippen molar-refractivity contribution in [1.29, 1.82) is 0 Å². The van der Waals surface area contributed by atoms with Crippen LogP contribution in [0.1, 0.15) is 5.56 Å². The van der Waals surface area contributed by atoms with Gasteiger partial charge in [0.1, 0.15) is 5.82 Å². The molecule has 2 N–H and O–H groups in total. The minimum absolute atomic E-state index is 0.113.